The number of ether oxygens (including phenoxy) is 1. The fourth-order valence-corrected chi connectivity index (χ4v) is 4.68. The van der Waals surface area contributed by atoms with E-state index in [0.29, 0.717) is 6.20 Å². The molecular weight excluding hydrogens is 601 g/mol. The summed E-state index contributed by atoms with van der Waals surface area (Å²) >= 11 is 0. The fraction of sp³-hybridized carbons (Fsp3) is 0.241. The highest BCUT2D eigenvalue weighted by molar-refractivity contribution is 5.98. The summed E-state index contributed by atoms with van der Waals surface area (Å²) in [7, 11) is 0. The number of halogens is 7. The van der Waals surface area contributed by atoms with E-state index in [9.17, 15) is 45.4 Å². The minimum absolute atomic E-state index is 0.0924. The second-order valence-electron chi connectivity index (χ2n) is 10.4. The molecular formula is C29H21F7N4O4. The van der Waals surface area contributed by atoms with Crippen molar-refractivity contribution in [1.82, 2.24) is 15.3 Å². The highest BCUT2D eigenvalue weighted by atomic mass is 19.4. The smallest absolute Gasteiger partial charge is 0.424 e. The van der Waals surface area contributed by atoms with Crippen LogP contribution >= 0.6 is 0 Å². The third-order valence-electron chi connectivity index (χ3n) is 7.40. The number of amides is 2. The number of alkyl halides is 6. The van der Waals surface area contributed by atoms with Gasteiger partial charge in [-0.25, -0.2) is 9.37 Å². The molecule has 2 atom stereocenters. The lowest BCUT2D eigenvalue weighted by Crippen LogP contribution is -2.51. The molecule has 4 aromatic rings. The van der Waals surface area contributed by atoms with Crippen LogP contribution in [0, 0.1) is 5.82 Å². The quantitative estimate of drug-likeness (QED) is 0.266. The number of pyridine rings is 2. The number of rotatable bonds is 6. The molecule has 44 heavy (non-hydrogen) atoms. The third-order valence-corrected chi connectivity index (χ3v) is 7.40. The number of benzene rings is 2. The molecule has 0 saturated heterocycles. The van der Waals surface area contributed by atoms with Crippen LogP contribution in [-0.2, 0) is 22.0 Å². The van der Waals surface area contributed by atoms with Crippen LogP contribution in [-0.4, -0.2) is 46.2 Å². The van der Waals surface area contributed by atoms with Crippen molar-refractivity contribution in [3.8, 4) is 17.0 Å². The first-order valence-corrected chi connectivity index (χ1v) is 12.7. The highest BCUT2D eigenvalue weighted by Crippen LogP contribution is 2.47. The van der Waals surface area contributed by atoms with Gasteiger partial charge >= 0.3 is 12.4 Å². The zero-order valence-electron chi connectivity index (χ0n) is 22.5. The number of carbonyl (C=O) groups is 2. The van der Waals surface area contributed by atoms with Crippen molar-refractivity contribution < 1.29 is 50.2 Å². The Bertz CT molecular complexity index is 1790. The zero-order valence-corrected chi connectivity index (χ0v) is 22.5. The van der Waals surface area contributed by atoms with E-state index in [1.54, 1.807) is 0 Å². The number of nitrogens with two attached hydrogens (primary N) is 1. The van der Waals surface area contributed by atoms with Gasteiger partial charge in [0.1, 0.15) is 29.3 Å². The summed E-state index contributed by atoms with van der Waals surface area (Å²) < 4.78 is 102. The topological polar surface area (TPSA) is 127 Å². The van der Waals surface area contributed by atoms with Gasteiger partial charge in [0, 0.05) is 28.3 Å². The molecule has 8 nitrogen and oxygen atoms in total. The lowest BCUT2D eigenvalue weighted by molar-refractivity contribution is -0.265. The average molecular weight is 622 g/mol. The SMILES string of the molecule is C[C@]1(C(N)=O)COc2c1cc(C(O)(CNC(=O)c1ccc3ncc(C(F)(F)F)cc3c1)C(F)(F)F)nc2-c1ccc(F)cc1. The van der Waals surface area contributed by atoms with E-state index in [0.717, 1.165) is 36.4 Å². The van der Waals surface area contributed by atoms with Crippen molar-refractivity contribution in [3.63, 3.8) is 0 Å². The molecule has 4 N–H and O–H groups in total. The minimum atomic E-state index is -5.46. The van der Waals surface area contributed by atoms with E-state index in [1.807, 2.05) is 5.32 Å². The number of aromatic nitrogens is 2. The number of carbonyl (C=O) groups excluding carboxylic acids is 2. The summed E-state index contributed by atoms with van der Waals surface area (Å²) in [6.45, 7) is -0.519. The van der Waals surface area contributed by atoms with Gasteiger partial charge in [-0.3, -0.25) is 14.6 Å². The standard InChI is InChI=1S/C29H21F7N4O4/c1-26(25(37)42)13-44-23-19(26)10-21(40-22(23)14-2-5-18(30)6-3-14)27(43,29(34,35)36)12-39-24(41)15-4-7-20-16(8-15)9-17(11-38-20)28(31,32)33/h2-11,43H,12-13H2,1H3,(H2,37,42)(H,39,41)/t26-,27?/m0/s1. The number of hydrogen-bond acceptors (Lipinski definition) is 6. The maximum atomic E-state index is 14.6. The van der Waals surface area contributed by atoms with E-state index in [2.05, 4.69) is 9.97 Å². The lowest BCUT2D eigenvalue weighted by Gasteiger charge is -2.31. The van der Waals surface area contributed by atoms with Crippen molar-refractivity contribution in [2.24, 2.45) is 5.73 Å². The predicted molar refractivity (Wildman–Crippen MR) is 141 cm³/mol. The van der Waals surface area contributed by atoms with Gasteiger partial charge in [-0.15, -0.1) is 0 Å². The van der Waals surface area contributed by atoms with E-state index < -0.39 is 58.8 Å². The molecule has 1 aliphatic heterocycles. The Kier molecular flexibility index (Phi) is 7.27. The molecule has 0 saturated carbocycles. The first-order valence-electron chi connectivity index (χ1n) is 12.7. The lowest BCUT2D eigenvalue weighted by atomic mass is 9.81. The largest absolute Gasteiger partial charge is 0.489 e. The zero-order chi connectivity index (χ0) is 32.2. The minimum Gasteiger partial charge on any atom is -0.489 e. The maximum Gasteiger partial charge on any atom is 0.424 e. The van der Waals surface area contributed by atoms with E-state index >= 15 is 0 Å². The van der Waals surface area contributed by atoms with Crippen LogP contribution in [0.3, 0.4) is 0 Å². The average Bonchev–Trinajstić information content (AvgIpc) is 3.31. The predicted octanol–water partition coefficient (Wildman–Crippen LogP) is 4.77. The number of hydrogen-bond donors (Lipinski definition) is 3. The second-order valence-corrected chi connectivity index (χ2v) is 10.4. The molecule has 0 aliphatic carbocycles. The van der Waals surface area contributed by atoms with Gasteiger partial charge in [-0.05, 0) is 61.5 Å². The number of aliphatic hydroxyl groups is 1. The van der Waals surface area contributed by atoms with Gasteiger partial charge in [-0.2, -0.15) is 26.3 Å². The Morgan fingerprint density at radius 1 is 1.05 bits per heavy atom. The Labute approximate surface area is 243 Å². The van der Waals surface area contributed by atoms with Gasteiger partial charge in [0.25, 0.3) is 5.91 Å². The van der Waals surface area contributed by atoms with Gasteiger partial charge in [0.15, 0.2) is 0 Å². The van der Waals surface area contributed by atoms with Crippen molar-refractivity contribution in [1.29, 1.82) is 0 Å². The summed E-state index contributed by atoms with van der Waals surface area (Å²) in [5, 5.41) is 13.0. The molecule has 0 fully saturated rings. The second kappa shape index (κ2) is 10.4. The number of primary amides is 1. The van der Waals surface area contributed by atoms with Crippen molar-refractivity contribution >= 4 is 22.7 Å². The summed E-state index contributed by atoms with van der Waals surface area (Å²) in [6.07, 6.45) is -9.59. The Hall–Kier alpha value is -4.79. The molecule has 3 heterocycles. The van der Waals surface area contributed by atoms with Crippen LogP contribution in [0.1, 0.15) is 34.1 Å². The van der Waals surface area contributed by atoms with Crippen molar-refractivity contribution in [2.75, 3.05) is 13.2 Å². The van der Waals surface area contributed by atoms with Crippen LogP contribution in [0.2, 0.25) is 0 Å². The monoisotopic (exact) mass is 622 g/mol. The Morgan fingerprint density at radius 2 is 1.73 bits per heavy atom. The molecule has 2 amide bonds. The summed E-state index contributed by atoms with van der Waals surface area (Å²) in [5.41, 5.74) is -2.57. The number of fused-ring (bicyclic) bond motifs is 2. The summed E-state index contributed by atoms with van der Waals surface area (Å²) in [4.78, 5) is 32.9. The number of nitrogens with one attached hydrogen (secondary N) is 1. The molecule has 0 radical (unpaired) electrons. The van der Waals surface area contributed by atoms with Gasteiger partial charge in [0.05, 0.1) is 23.3 Å². The molecule has 230 valence electrons. The summed E-state index contributed by atoms with van der Waals surface area (Å²) in [6, 6.07) is 9.35. The van der Waals surface area contributed by atoms with E-state index in [-0.39, 0.29) is 45.6 Å². The normalized spacial score (nSPS) is 17.9. The van der Waals surface area contributed by atoms with Crippen LogP contribution in [0.15, 0.2) is 60.8 Å². The highest BCUT2D eigenvalue weighted by Gasteiger charge is 2.57. The first kappa shape index (κ1) is 30.7. The van der Waals surface area contributed by atoms with E-state index in [4.69, 9.17) is 10.5 Å². The first-order chi connectivity index (χ1) is 20.4. The Balaban J connectivity index is 1.55. The van der Waals surface area contributed by atoms with Crippen molar-refractivity contribution in [2.45, 2.75) is 30.3 Å². The Morgan fingerprint density at radius 3 is 2.34 bits per heavy atom. The summed E-state index contributed by atoms with van der Waals surface area (Å²) in [5.74, 6) is -2.85. The molecule has 1 unspecified atom stereocenters. The van der Waals surface area contributed by atoms with Gasteiger partial charge in [-0.1, -0.05) is 0 Å². The van der Waals surface area contributed by atoms with E-state index in [1.165, 1.54) is 25.1 Å². The fourth-order valence-electron chi connectivity index (χ4n) is 4.68. The van der Waals surface area contributed by atoms with Crippen molar-refractivity contribution in [3.05, 3.63) is 89.0 Å². The molecule has 2 aromatic carbocycles. The molecule has 1 aliphatic rings. The van der Waals surface area contributed by atoms with Crippen LogP contribution in [0.5, 0.6) is 5.75 Å². The van der Waals surface area contributed by atoms with Gasteiger partial charge < -0.3 is 20.9 Å². The maximum absolute atomic E-state index is 14.6. The van der Waals surface area contributed by atoms with Crippen LogP contribution in [0.4, 0.5) is 30.7 Å². The molecule has 5 rings (SSSR count). The molecule has 2 aromatic heterocycles. The molecule has 15 heteroatoms. The number of nitrogens with zero attached hydrogens (tertiary/aromatic N) is 2. The van der Waals surface area contributed by atoms with Crippen LogP contribution < -0.4 is 15.8 Å². The van der Waals surface area contributed by atoms with Crippen LogP contribution in [0.25, 0.3) is 22.2 Å². The van der Waals surface area contributed by atoms with Gasteiger partial charge in [0.2, 0.25) is 11.5 Å². The third kappa shape index (κ3) is 5.27. The molecule has 0 spiro atoms. The molecule has 0 bridgehead atoms.